The van der Waals surface area contributed by atoms with Gasteiger partial charge in [0.05, 0.1) is 0 Å². The van der Waals surface area contributed by atoms with E-state index in [1.165, 1.54) is 0 Å². The van der Waals surface area contributed by atoms with Crippen molar-refractivity contribution in [2.75, 3.05) is 5.32 Å². The van der Waals surface area contributed by atoms with E-state index < -0.39 is 0 Å². The highest BCUT2D eigenvalue weighted by Crippen LogP contribution is 2.13. The third kappa shape index (κ3) is 4.54. The zero-order valence-electron chi connectivity index (χ0n) is 13.6. The van der Waals surface area contributed by atoms with Gasteiger partial charge in [-0.25, -0.2) is 4.79 Å². The number of nitrogens with one attached hydrogen (secondary N) is 2. The molecule has 0 heterocycles. The van der Waals surface area contributed by atoms with Gasteiger partial charge in [0.25, 0.3) is 0 Å². The van der Waals surface area contributed by atoms with Gasteiger partial charge in [-0.2, -0.15) is 0 Å². The van der Waals surface area contributed by atoms with Crippen LogP contribution in [0.15, 0.2) is 84.9 Å². The van der Waals surface area contributed by atoms with Crippen LogP contribution in [0.3, 0.4) is 0 Å². The monoisotopic (exact) mass is 330 g/mol. The fourth-order valence-electron chi connectivity index (χ4n) is 2.41. The zero-order valence-corrected chi connectivity index (χ0v) is 13.6. The largest absolute Gasteiger partial charge is 0.334 e. The Kier molecular flexibility index (Phi) is 5.22. The van der Waals surface area contributed by atoms with E-state index in [0.717, 1.165) is 5.56 Å². The first kappa shape index (κ1) is 16.5. The molecule has 0 saturated heterocycles. The number of carbonyl (C=O) groups excluding carboxylic acids is 2. The van der Waals surface area contributed by atoms with Gasteiger partial charge in [-0.15, -0.1) is 0 Å². The van der Waals surface area contributed by atoms with Crippen molar-refractivity contribution in [3.63, 3.8) is 0 Å². The molecule has 0 fully saturated rings. The van der Waals surface area contributed by atoms with E-state index in [9.17, 15) is 9.59 Å². The summed E-state index contributed by atoms with van der Waals surface area (Å²) in [6, 6.07) is 25.4. The second-order valence-electron chi connectivity index (χ2n) is 5.57. The van der Waals surface area contributed by atoms with Gasteiger partial charge in [-0.05, 0) is 29.8 Å². The highest BCUT2D eigenvalue weighted by atomic mass is 16.2. The summed E-state index contributed by atoms with van der Waals surface area (Å²) in [5.41, 5.74) is 2.89. The van der Waals surface area contributed by atoms with Crippen LogP contribution in [0.25, 0.3) is 0 Å². The summed E-state index contributed by atoms with van der Waals surface area (Å²) in [5.74, 6) is -0.0410. The van der Waals surface area contributed by atoms with Gasteiger partial charge in [0.15, 0.2) is 5.78 Å². The topological polar surface area (TPSA) is 58.2 Å². The number of benzene rings is 3. The maximum Gasteiger partial charge on any atom is 0.319 e. The summed E-state index contributed by atoms with van der Waals surface area (Å²) < 4.78 is 0. The molecule has 3 rings (SSSR count). The fraction of sp³-hybridized carbons (Fsp3) is 0.0476. The molecule has 0 unspecified atom stereocenters. The minimum absolute atomic E-state index is 0.0410. The first-order valence-corrected chi connectivity index (χ1v) is 8.01. The molecule has 0 aliphatic carbocycles. The number of rotatable bonds is 5. The average Bonchev–Trinajstić information content (AvgIpc) is 2.68. The minimum Gasteiger partial charge on any atom is -0.334 e. The lowest BCUT2D eigenvalue weighted by Gasteiger charge is -2.08. The minimum atomic E-state index is -0.286. The molecule has 3 aromatic rings. The average molecular weight is 330 g/mol. The summed E-state index contributed by atoms with van der Waals surface area (Å²) >= 11 is 0. The van der Waals surface area contributed by atoms with Gasteiger partial charge in [0.1, 0.15) is 0 Å². The Hall–Kier alpha value is -3.40. The van der Waals surface area contributed by atoms with Crippen molar-refractivity contribution in [1.82, 2.24) is 5.32 Å². The quantitative estimate of drug-likeness (QED) is 0.688. The predicted octanol–water partition coefficient (Wildman–Crippen LogP) is 4.24. The molecular formula is C21H18N2O2. The Labute approximate surface area is 146 Å². The van der Waals surface area contributed by atoms with Crippen molar-refractivity contribution in [3.8, 4) is 0 Å². The number of urea groups is 1. The van der Waals surface area contributed by atoms with E-state index in [1.807, 2.05) is 48.5 Å². The SMILES string of the molecule is O=C(NCc1ccccc1)Nc1ccc(C(=O)c2ccccc2)cc1. The van der Waals surface area contributed by atoms with Crippen LogP contribution < -0.4 is 10.6 Å². The van der Waals surface area contributed by atoms with Crippen LogP contribution in [0.4, 0.5) is 10.5 Å². The van der Waals surface area contributed by atoms with Crippen LogP contribution in [0.5, 0.6) is 0 Å². The molecule has 0 bridgehead atoms. The number of anilines is 1. The van der Waals surface area contributed by atoms with Crippen molar-refractivity contribution in [2.24, 2.45) is 0 Å². The highest BCUT2D eigenvalue weighted by molar-refractivity contribution is 6.09. The lowest BCUT2D eigenvalue weighted by atomic mass is 10.0. The van der Waals surface area contributed by atoms with E-state index in [2.05, 4.69) is 10.6 Å². The molecule has 2 N–H and O–H groups in total. The van der Waals surface area contributed by atoms with Gasteiger partial charge in [0.2, 0.25) is 0 Å². The van der Waals surface area contributed by atoms with Crippen molar-refractivity contribution in [3.05, 3.63) is 102 Å². The van der Waals surface area contributed by atoms with Crippen molar-refractivity contribution >= 4 is 17.5 Å². The maximum absolute atomic E-state index is 12.3. The standard InChI is InChI=1S/C21H18N2O2/c24-20(17-9-5-2-6-10-17)18-11-13-19(14-12-18)23-21(25)22-15-16-7-3-1-4-8-16/h1-14H,15H2,(H2,22,23,25). The first-order chi connectivity index (χ1) is 12.2. The number of ketones is 1. The zero-order chi connectivity index (χ0) is 17.5. The summed E-state index contributed by atoms with van der Waals surface area (Å²) in [7, 11) is 0. The summed E-state index contributed by atoms with van der Waals surface area (Å²) in [4.78, 5) is 24.3. The predicted molar refractivity (Wildman–Crippen MR) is 98.6 cm³/mol. The Morgan fingerprint density at radius 3 is 1.88 bits per heavy atom. The number of amides is 2. The van der Waals surface area contributed by atoms with E-state index in [4.69, 9.17) is 0 Å². The number of hydrogen-bond donors (Lipinski definition) is 2. The number of hydrogen-bond acceptors (Lipinski definition) is 2. The van der Waals surface area contributed by atoms with Crippen LogP contribution in [-0.2, 0) is 6.54 Å². The van der Waals surface area contributed by atoms with Crippen molar-refractivity contribution in [2.45, 2.75) is 6.54 Å². The Morgan fingerprint density at radius 1 is 0.680 bits per heavy atom. The molecule has 3 aromatic carbocycles. The van der Waals surface area contributed by atoms with Gasteiger partial charge >= 0.3 is 6.03 Å². The van der Waals surface area contributed by atoms with E-state index in [0.29, 0.717) is 23.4 Å². The van der Waals surface area contributed by atoms with Gasteiger partial charge < -0.3 is 10.6 Å². The van der Waals surface area contributed by atoms with E-state index >= 15 is 0 Å². The molecule has 124 valence electrons. The molecule has 0 aliphatic heterocycles. The van der Waals surface area contributed by atoms with Crippen LogP contribution >= 0.6 is 0 Å². The Morgan fingerprint density at radius 2 is 1.24 bits per heavy atom. The molecule has 25 heavy (non-hydrogen) atoms. The van der Waals surface area contributed by atoms with E-state index in [1.54, 1.807) is 36.4 Å². The molecule has 0 aliphatic rings. The van der Waals surface area contributed by atoms with Crippen LogP contribution in [0.1, 0.15) is 21.5 Å². The molecule has 0 saturated carbocycles. The lowest BCUT2D eigenvalue weighted by molar-refractivity contribution is 0.103. The molecule has 0 atom stereocenters. The molecule has 0 radical (unpaired) electrons. The summed E-state index contributed by atoms with van der Waals surface area (Å²) in [6.07, 6.45) is 0. The Bertz CT molecular complexity index is 844. The molecule has 0 spiro atoms. The highest BCUT2D eigenvalue weighted by Gasteiger charge is 2.08. The third-order valence-electron chi connectivity index (χ3n) is 3.74. The molecular weight excluding hydrogens is 312 g/mol. The smallest absolute Gasteiger partial charge is 0.319 e. The molecule has 4 heteroatoms. The second kappa shape index (κ2) is 7.93. The second-order valence-corrected chi connectivity index (χ2v) is 5.57. The fourth-order valence-corrected chi connectivity index (χ4v) is 2.41. The summed E-state index contributed by atoms with van der Waals surface area (Å²) in [6.45, 7) is 0.456. The van der Waals surface area contributed by atoms with Gasteiger partial charge in [-0.3, -0.25) is 4.79 Å². The molecule has 2 amide bonds. The van der Waals surface area contributed by atoms with Crippen LogP contribution in [0.2, 0.25) is 0 Å². The van der Waals surface area contributed by atoms with Crippen LogP contribution in [0, 0.1) is 0 Å². The summed E-state index contributed by atoms with van der Waals surface area (Å²) in [5, 5.41) is 5.55. The maximum atomic E-state index is 12.3. The first-order valence-electron chi connectivity index (χ1n) is 8.01. The van der Waals surface area contributed by atoms with Gasteiger partial charge in [0, 0.05) is 23.4 Å². The van der Waals surface area contributed by atoms with Gasteiger partial charge in [-0.1, -0.05) is 60.7 Å². The lowest BCUT2D eigenvalue weighted by Crippen LogP contribution is -2.28. The third-order valence-corrected chi connectivity index (χ3v) is 3.74. The van der Waals surface area contributed by atoms with Crippen LogP contribution in [-0.4, -0.2) is 11.8 Å². The van der Waals surface area contributed by atoms with E-state index in [-0.39, 0.29) is 11.8 Å². The molecule has 4 nitrogen and oxygen atoms in total. The Balaban J connectivity index is 1.57. The van der Waals surface area contributed by atoms with Crippen molar-refractivity contribution < 1.29 is 9.59 Å². The molecule has 0 aromatic heterocycles. The normalized spacial score (nSPS) is 10.1. The number of carbonyl (C=O) groups is 2. The van der Waals surface area contributed by atoms with Crippen molar-refractivity contribution in [1.29, 1.82) is 0 Å².